The van der Waals surface area contributed by atoms with Gasteiger partial charge in [0.15, 0.2) is 11.5 Å². The zero-order valence-electron chi connectivity index (χ0n) is 17.4. The van der Waals surface area contributed by atoms with E-state index in [9.17, 15) is 9.59 Å². The molecule has 1 fully saturated rings. The third kappa shape index (κ3) is 3.73. The van der Waals surface area contributed by atoms with Crippen LogP contribution in [0, 0.1) is 11.8 Å². The molecular formula is C22H30N2O4. The van der Waals surface area contributed by atoms with Crippen molar-refractivity contribution in [2.45, 2.75) is 33.6 Å². The molecule has 6 nitrogen and oxygen atoms in total. The molecule has 0 atom stereocenters. The van der Waals surface area contributed by atoms with E-state index in [1.165, 1.54) is 4.90 Å². The largest absolute Gasteiger partial charge is 0.493 e. The number of hydrogen-bond donors (Lipinski definition) is 0. The number of hydrogen-bond acceptors (Lipinski definition) is 5. The van der Waals surface area contributed by atoms with Crippen molar-refractivity contribution in [3.63, 3.8) is 0 Å². The van der Waals surface area contributed by atoms with Crippen LogP contribution in [0.1, 0.15) is 39.2 Å². The number of rotatable bonds is 6. The highest BCUT2D eigenvalue weighted by molar-refractivity contribution is 6.35. The van der Waals surface area contributed by atoms with Crippen LogP contribution in [0.15, 0.2) is 23.9 Å². The van der Waals surface area contributed by atoms with Gasteiger partial charge in [-0.3, -0.25) is 14.5 Å². The van der Waals surface area contributed by atoms with Gasteiger partial charge in [-0.05, 0) is 42.4 Å². The Labute approximate surface area is 167 Å². The Hall–Kier alpha value is -2.50. The molecule has 6 heteroatoms. The monoisotopic (exact) mass is 386 g/mol. The second-order valence-corrected chi connectivity index (χ2v) is 8.08. The van der Waals surface area contributed by atoms with E-state index in [0.717, 1.165) is 25.9 Å². The maximum absolute atomic E-state index is 13.3. The third-order valence-electron chi connectivity index (χ3n) is 5.46. The summed E-state index contributed by atoms with van der Waals surface area (Å²) in [6, 6.07) is 5.39. The number of benzene rings is 1. The van der Waals surface area contributed by atoms with Crippen molar-refractivity contribution in [1.82, 2.24) is 9.80 Å². The molecule has 28 heavy (non-hydrogen) atoms. The Bertz CT molecular complexity index is 792. The Kier molecular flexibility index (Phi) is 5.96. The predicted octanol–water partition coefficient (Wildman–Crippen LogP) is 3.17. The maximum Gasteiger partial charge on any atom is 0.277 e. The van der Waals surface area contributed by atoms with Gasteiger partial charge in [-0.1, -0.05) is 26.8 Å². The van der Waals surface area contributed by atoms with E-state index >= 15 is 0 Å². The molecule has 0 bridgehead atoms. The average Bonchev–Trinajstić information content (AvgIpc) is 2.92. The summed E-state index contributed by atoms with van der Waals surface area (Å²) >= 11 is 0. The van der Waals surface area contributed by atoms with Crippen LogP contribution in [0.25, 0.3) is 5.57 Å². The molecular weight excluding hydrogens is 356 g/mol. The van der Waals surface area contributed by atoms with Gasteiger partial charge in [0.2, 0.25) is 0 Å². The Balaban J connectivity index is 2.08. The Morgan fingerprint density at radius 3 is 2.25 bits per heavy atom. The summed E-state index contributed by atoms with van der Waals surface area (Å²) < 4.78 is 10.7. The first kappa shape index (κ1) is 20.2. The highest BCUT2D eigenvalue weighted by Gasteiger charge is 2.42. The second kappa shape index (κ2) is 8.25. The molecule has 3 rings (SSSR count). The summed E-state index contributed by atoms with van der Waals surface area (Å²) in [6.07, 6.45) is 2.04. The number of likely N-dealkylation sites (tertiary alicyclic amines) is 1. The van der Waals surface area contributed by atoms with E-state index < -0.39 is 0 Å². The van der Waals surface area contributed by atoms with Gasteiger partial charge in [0, 0.05) is 19.6 Å². The zero-order chi connectivity index (χ0) is 20.4. The lowest BCUT2D eigenvalue weighted by molar-refractivity contribution is -0.138. The van der Waals surface area contributed by atoms with Gasteiger partial charge < -0.3 is 14.4 Å². The van der Waals surface area contributed by atoms with Gasteiger partial charge in [0.1, 0.15) is 5.70 Å². The molecule has 1 saturated heterocycles. The molecule has 2 aliphatic rings. The van der Waals surface area contributed by atoms with Crippen LogP contribution in [-0.4, -0.2) is 55.5 Å². The standard InChI is InChI=1S/C22H30N2O4/c1-14(2)13-24-21(25)19(16-6-7-17(27-4)18(12-16)28-5)20(22(24)26)23-10-8-15(3)9-11-23/h6-7,12,14-15H,8-11,13H2,1-5H3. The first-order valence-corrected chi connectivity index (χ1v) is 9.95. The van der Waals surface area contributed by atoms with Crippen molar-refractivity contribution in [3.05, 3.63) is 29.5 Å². The molecule has 2 heterocycles. The van der Waals surface area contributed by atoms with Gasteiger partial charge in [-0.2, -0.15) is 0 Å². The SMILES string of the molecule is COc1ccc(C2=C(N3CCC(C)CC3)C(=O)N(CC(C)C)C2=O)cc1OC. The highest BCUT2D eigenvalue weighted by atomic mass is 16.5. The van der Waals surface area contributed by atoms with Crippen molar-refractivity contribution in [3.8, 4) is 11.5 Å². The first-order valence-electron chi connectivity index (χ1n) is 9.95. The van der Waals surface area contributed by atoms with Crippen LogP contribution >= 0.6 is 0 Å². The second-order valence-electron chi connectivity index (χ2n) is 8.08. The topological polar surface area (TPSA) is 59.1 Å². The van der Waals surface area contributed by atoms with E-state index in [-0.39, 0.29) is 17.7 Å². The number of nitrogens with zero attached hydrogens (tertiary/aromatic N) is 2. The Morgan fingerprint density at radius 2 is 1.68 bits per heavy atom. The average molecular weight is 386 g/mol. The molecule has 152 valence electrons. The summed E-state index contributed by atoms with van der Waals surface area (Å²) in [5.41, 5.74) is 1.70. The van der Waals surface area contributed by atoms with Gasteiger partial charge in [-0.25, -0.2) is 0 Å². The van der Waals surface area contributed by atoms with Gasteiger partial charge in [0.25, 0.3) is 11.8 Å². The van der Waals surface area contributed by atoms with Crippen molar-refractivity contribution in [1.29, 1.82) is 0 Å². The molecule has 0 spiro atoms. The predicted molar refractivity (Wildman–Crippen MR) is 108 cm³/mol. The molecule has 0 N–H and O–H groups in total. The van der Waals surface area contributed by atoms with Crippen molar-refractivity contribution in [2.24, 2.45) is 11.8 Å². The van der Waals surface area contributed by atoms with Gasteiger partial charge in [-0.15, -0.1) is 0 Å². The van der Waals surface area contributed by atoms with Crippen LogP contribution in [0.2, 0.25) is 0 Å². The molecule has 2 aliphatic heterocycles. The van der Waals surface area contributed by atoms with E-state index in [2.05, 4.69) is 11.8 Å². The molecule has 0 aliphatic carbocycles. The minimum atomic E-state index is -0.223. The summed E-state index contributed by atoms with van der Waals surface area (Å²) in [5, 5.41) is 0. The minimum absolute atomic E-state index is 0.182. The molecule has 0 aromatic heterocycles. The summed E-state index contributed by atoms with van der Waals surface area (Å²) in [5.74, 6) is 1.58. The lowest BCUT2D eigenvalue weighted by Gasteiger charge is -2.32. The minimum Gasteiger partial charge on any atom is -0.493 e. The van der Waals surface area contributed by atoms with Crippen molar-refractivity contribution in [2.75, 3.05) is 33.9 Å². The maximum atomic E-state index is 13.3. The first-order chi connectivity index (χ1) is 13.4. The summed E-state index contributed by atoms with van der Waals surface area (Å²) in [7, 11) is 3.14. The Morgan fingerprint density at radius 1 is 1.04 bits per heavy atom. The molecule has 1 aromatic carbocycles. The smallest absolute Gasteiger partial charge is 0.277 e. The fraction of sp³-hybridized carbons (Fsp3) is 0.545. The lowest BCUT2D eigenvalue weighted by atomic mass is 9.97. The van der Waals surface area contributed by atoms with E-state index in [0.29, 0.717) is 40.8 Å². The lowest BCUT2D eigenvalue weighted by Crippen LogP contribution is -2.39. The fourth-order valence-electron chi connectivity index (χ4n) is 3.87. The fourth-order valence-corrected chi connectivity index (χ4v) is 3.87. The van der Waals surface area contributed by atoms with Crippen LogP contribution in [0.3, 0.4) is 0 Å². The number of imide groups is 1. The van der Waals surface area contributed by atoms with Crippen molar-refractivity contribution < 1.29 is 19.1 Å². The van der Waals surface area contributed by atoms with Crippen LogP contribution in [0.4, 0.5) is 0 Å². The normalized spacial score (nSPS) is 18.5. The van der Waals surface area contributed by atoms with Crippen LogP contribution in [0.5, 0.6) is 11.5 Å². The molecule has 0 radical (unpaired) electrons. The van der Waals surface area contributed by atoms with E-state index in [1.807, 2.05) is 19.9 Å². The molecule has 0 saturated carbocycles. The van der Waals surface area contributed by atoms with Crippen LogP contribution < -0.4 is 9.47 Å². The third-order valence-corrected chi connectivity index (χ3v) is 5.46. The molecule has 0 unspecified atom stereocenters. The van der Waals surface area contributed by atoms with Crippen molar-refractivity contribution >= 4 is 17.4 Å². The zero-order valence-corrected chi connectivity index (χ0v) is 17.4. The van der Waals surface area contributed by atoms with Gasteiger partial charge >= 0.3 is 0 Å². The molecule has 2 amide bonds. The van der Waals surface area contributed by atoms with E-state index in [1.54, 1.807) is 26.4 Å². The number of carbonyl (C=O) groups excluding carboxylic acids is 2. The number of carbonyl (C=O) groups is 2. The quantitative estimate of drug-likeness (QED) is 0.703. The number of methoxy groups -OCH3 is 2. The number of ether oxygens (including phenoxy) is 2. The highest BCUT2D eigenvalue weighted by Crippen LogP contribution is 2.37. The van der Waals surface area contributed by atoms with E-state index in [4.69, 9.17) is 9.47 Å². The van der Waals surface area contributed by atoms with Crippen LogP contribution in [-0.2, 0) is 9.59 Å². The number of piperidine rings is 1. The number of amides is 2. The summed E-state index contributed by atoms with van der Waals surface area (Å²) in [6.45, 7) is 8.26. The van der Waals surface area contributed by atoms with Gasteiger partial charge in [0.05, 0.1) is 19.8 Å². The molecule has 1 aromatic rings. The summed E-state index contributed by atoms with van der Waals surface area (Å²) in [4.78, 5) is 30.0.